The molecule has 1 amide bonds. The highest BCUT2D eigenvalue weighted by atomic mass is 16.2. The van der Waals surface area contributed by atoms with Crippen LogP contribution < -0.4 is 16.6 Å². The second-order valence-electron chi connectivity index (χ2n) is 7.16. The Morgan fingerprint density at radius 1 is 1.21 bits per heavy atom. The Balaban J connectivity index is 1.70. The molecular weight excluding hydrogens is 374 g/mol. The van der Waals surface area contributed by atoms with Gasteiger partial charge in [-0.05, 0) is 54.5 Å². The molecule has 0 fully saturated rings. The number of amides is 1. The maximum absolute atomic E-state index is 12.3. The van der Waals surface area contributed by atoms with Crippen LogP contribution in [0.25, 0.3) is 5.69 Å². The van der Waals surface area contributed by atoms with Gasteiger partial charge in [0.05, 0.1) is 5.69 Å². The zero-order valence-corrected chi connectivity index (χ0v) is 16.7. The number of H-pyrrole nitrogens is 2. The third-order valence-corrected chi connectivity index (χ3v) is 4.58. The molecule has 3 N–H and O–H groups in total. The van der Waals surface area contributed by atoms with Crippen LogP contribution in [-0.4, -0.2) is 36.1 Å². The molecular formula is C19H23N7O3. The summed E-state index contributed by atoms with van der Waals surface area (Å²) in [5.74, 6) is 0.696. The number of carbonyl (C=O) groups excluding carboxylic acids is 1. The number of carbonyl (C=O) groups is 1. The third-order valence-electron chi connectivity index (χ3n) is 4.58. The lowest BCUT2D eigenvalue weighted by Gasteiger charge is -2.12. The molecule has 0 spiro atoms. The lowest BCUT2D eigenvalue weighted by atomic mass is 10.1. The molecule has 2 heterocycles. The van der Waals surface area contributed by atoms with E-state index >= 15 is 0 Å². The highest BCUT2D eigenvalue weighted by Gasteiger charge is 2.14. The van der Waals surface area contributed by atoms with E-state index in [-0.39, 0.29) is 24.7 Å². The van der Waals surface area contributed by atoms with Crippen LogP contribution in [0.4, 0.5) is 5.69 Å². The average molecular weight is 397 g/mol. The topological polar surface area (TPSA) is 138 Å². The highest BCUT2D eigenvalue weighted by Crippen LogP contribution is 2.21. The van der Waals surface area contributed by atoms with Crippen LogP contribution in [0.2, 0.25) is 0 Å². The number of nitrogens with one attached hydrogen (secondary N) is 3. The summed E-state index contributed by atoms with van der Waals surface area (Å²) in [5.41, 5.74) is 2.22. The first-order valence-corrected chi connectivity index (χ1v) is 9.27. The van der Waals surface area contributed by atoms with Crippen LogP contribution >= 0.6 is 0 Å². The predicted octanol–water partition coefficient (Wildman–Crippen LogP) is 1.35. The SMILES string of the molecule is Cc1cc(NC(=O)CCc2c(C)[nH]c(=O)[nH]c2=O)ccc1-n1nnnc1C(C)C. The van der Waals surface area contributed by atoms with E-state index in [1.807, 2.05) is 32.9 Å². The first-order valence-electron chi connectivity index (χ1n) is 9.27. The quantitative estimate of drug-likeness (QED) is 0.574. The van der Waals surface area contributed by atoms with Crippen molar-refractivity contribution in [2.75, 3.05) is 5.32 Å². The summed E-state index contributed by atoms with van der Waals surface area (Å²) >= 11 is 0. The molecule has 0 aliphatic rings. The first-order chi connectivity index (χ1) is 13.8. The van der Waals surface area contributed by atoms with Crippen molar-refractivity contribution in [1.82, 2.24) is 30.2 Å². The van der Waals surface area contributed by atoms with E-state index in [9.17, 15) is 14.4 Å². The van der Waals surface area contributed by atoms with Gasteiger partial charge in [-0.3, -0.25) is 14.6 Å². The fraction of sp³-hybridized carbons (Fsp3) is 0.368. The van der Waals surface area contributed by atoms with Gasteiger partial charge in [-0.1, -0.05) is 13.8 Å². The molecule has 1 aromatic carbocycles. The van der Waals surface area contributed by atoms with Gasteiger partial charge >= 0.3 is 5.69 Å². The Bertz CT molecular complexity index is 1160. The molecule has 0 atom stereocenters. The second-order valence-corrected chi connectivity index (χ2v) is 7.16. The predicted molar refractivity (Wildman–Crippen MR) is 107 cm³/mol. The smallest absolute Gasteiger partial charge is 0.325 e. The Morgan fingerprint density at radius 2 is 1.97 bits per heavy atom. The maximum atomic E-state index is 12.3. The largest absolute Gasteiger partial charge is 0.326 e. The van der Waals surface area contributed by atoms with Gasteiger partial charge < -0.3 is 10.3 Å². The number of aromatic amines is 2. The molecule has 10 heteroatoms. The summed E-state index contributed by atoms with van der Waals surface area (Å²) in [5, 5.41) is 14.7. The Hall–Kier alpha value is -3.56. The zero-order valence-electron chi connectivity index (χ0n) is 16.7. The van der Waals surface area contributed by atoms with Crippen molar-refractivity contribution in [3.05, 3.63) is 61.7 Å². The number of hydrogen-bond acceptors (Lipinski definition) is 6. The van der Waals surface area contributed by atoms with Crippen molar-refractivity contribution in [2.24, 2.45) is 0 Å². The number of hydrogen-bond donors (Lipinski definition) is 3. The first kappa shape index (κ1) is 20.2. The number of tetrazole rings is 1. The molecule has 10 nitrogen and oxygen atoms in total. The van der Waals surface area contributed by atoms with Crippen molar-refractivity contribution >= 4 is 11.6 Å². The van der Waals surface area contributed by atoms with E-state index in [4.69, 9.17) is 0 Å². The van der Waals surface area contributed by atoms with Crippen molar-refractivity contribution in [3.8, 4) is 5.69 Å². The minimum atomic E-state index is -0.556. The molecule has 0 aliphatic carbocycles. The molecule has 29 heavy (non-hydrogen) atoms. The summed E-state index contributed by atoms with van der Waals surface area (Å²) in [4.78, 5) is 40.1. The van der Waals surface area contributed by atoms with Crippen LogP contribution in [0.3, 0.4) is 0 Å². The van der Waals surface area contributed by atoms with Gasteiger partial charge in [0.15, 0.2) is 5.82 Å². The minimum absolute atomic E-state index is 0.112. The van der Waals surface area contributed by atoms with E-state index in [0.717, 1.165) is 17.1 Å². The van der Waals surface area contributed by atoms with Gasteiger partial charge in [-0.15, -0.1) is 5.10 Å². The van der Waals surface area contributed by atoms with Crippen LogP contribution in [0.5, 0.6) is 0 Å². The lowest BCUT2D eigenvalue weighted by molar-refractivity contribution is -0.116. The summed E-state index contributed by atoms with van der Waals surface area (Å²) in [6, 6.07) is 5.48. The molecule has 0 radical (unpaired) electrons. The summed E-state index contributed by atoms with van der Waals surface area (Å²) in [6.45, 7) is 7.58. The van der Waals surface area contributed by atoms with Crippen LogP contribution in [-0.2, 0) is 11.2 Å². The number of aromatic nitrogens is 6. The van der Waals surface area contributed by atoms with E-state index < -0.39 is 11.2 Å². The molecule has 152 valence electrons. The van der Waals surface area contributed by atoms with Gasteiger partial charge in [-0.2, -0.15) is 4.68 Å². The summed E-state index contributed by atoms with van der Waals surface area (Å²) in [7, 11) is 0. The fourth-order valence-corrected chi connectivity index (χ4v) is 3.09. The summed E-state index contributed by atoms with van der Waals surface area (Å²) in [6.07, 6.45) is 0.338. The molecule has 2 aromatic heterocycles. The third kappa shape index (κ3) is 4.48. The Kier molecular flexibility index (Phi) is 5.71. The molecule has 0 aliphatic heterocycles. The number of rotatable bonds is 6. The average Bonchev–Trinajstić information content (AvgIpc) is 3.10. The molecule has 3 aromatic rings. The fourth-order valence-electron chi connectivity index (χ4n) is 3.09. The monoisotopic (exact) mass is 397 g/mol. The molecule has 0 saturated carbocycles. The standard InChI is InChI=1S/C19H23N7O3/c1-10(2)17-23-24-25-26(17)15-7-5-13(9-11(15)3)21-16(27)8-6-14-12(4)20-19(29)22-18(14)28/h5,7,9-10H,6,8H2,1-4H3,(H,21,27)(H2,20,22,28,29). The van der Waals surface area contributed by atoms with Gasteiger partial charge in [0, 0.05) is 29.3 Å². The van der Waals surface area contributed by atoms with Crippen LogP contribution in [0.15, 0.2) is 27.8 Å². The lowest BCUT2D eigenvalue weighted by Crippen LogP contribution is -2.27. The Labute approximate surface area is 166 Å². The van der Waals surface area contributed by atoms with Crippen molar-refractivity contribution in [1.29, 1.82) is 0 Å². The molecule has 0 unspecified atom stereocenters. The van der Waals surface area contributed by atoms with Crippen LogP contribution in [0.1, 0.15) is 48.8 Å². The van der Waals surface area contributed by atoms with Gasteiger partial charge in [0.1, 0.15) is 0 Å². The van der Waals surface area contributed by atoms with E-state index in [1.165, 1.54) is 0 Å². The van der Waals surface area contributed by atoms with Crippen molar-refractivity contribution < 1.29 is 4.79 Å². The van der Waals surface area contributed by atoms with E-state index in [0.29, 0.717) is 16.9 Å². The normalized spacial score (nSPS) is 11.1. The zero-order chi connectivity index (χ0) is 21.1. The number of aryl methyl sites for hydroxylation is 2. The number of anilines is 1. The summed E-state index contributed by atoms with van der Waals surface area (Å²) < 4.78 is 1.69. The molecule has 0 bridgehead atoms. The van der Waals surface area contributed by atoms with E-state index in [2.05, 4.69) is 30.8 Å². The van der Waals surface area contributed by atoms with E-state index in [1.54, 1.807) is 17.7 Å². The van der Waals surface area contributed by atoms with Gasteiger partial charge in [0.2, 0.25) is 5.91 Å². The number of nitrogens with zero attached hydrogens (tertiary/aromatic N) is 4. The Morgan fingerprint density at radius 3 is 2.62 bits per heavy atom. The number of benzene rings is 1. The molecule has 3 rings (SSSR count). The van der Waals surface area contributed by atoms with Crippen molar-refractivity contribution in [3.63, 3.8) is 0 Å². The highest BCUT2D eigenvalue weighted by molar-refractivity contribution is 5.91. The van der Waals surface area contributed by atoms with Crippen molar-refractivity contribution in [2.45, 2.75) is 46.5 Å². The second kappa shape index (κ2) is 8.21. The van der Waals surface area contributed by atoms with Gasteiger partial charge in [-0.25, -0.2) is 4.79 Å². The van der Waals surface area contributed by atoms with Crippen LogP contribution in [0, 0.1) is 13.8 Å². The van der Waals surface area contributed by atoms with Gasteiger partial charge in [0.25, 0.3) is 5.56 Å². The maximum Gasteiger partial charge on any atom is 0.325 e. The minimum Gasteiger partial charge on any atom is -0.326 e. The molecule has 0 saturated heterocycles.